The van der Waals surface area contributed by atoms with Gasteiger partial charge < -0.3 is 5.73 Å². The topological polar surface area (TPSA) is 113 Å². The number of fused-ring (bicyclic) bond motifs is 2. The van der Waals surface area contributed by atoms with Crippen LogP contribution in [0.1, 0.15) is 5.56 Å². The summed E-state index contributed by atoms with van der Waals surface area (Å²) in [4.78, 5) is 13.5. The van der Waals surface area contributed by atoms with Gasteiger partial charge in [0.15, 0.2) is 5.65 Å². The second-order valence-electron chi connectivity index (χ2n) is 6.46. The Morgan fingerprint density at radius 1 is 1.07 bits per heavy atom. The minimum absolute atomic E-state index is 0.514. The summed E-state index contributed by atoms with van der Waals surface area (Å²) < 4.78 is 3.55. The van der Waals surface area contributed by atoms with E-state index in [1.165, 1.54) is 0 Å². The summed E-state index contributed by atoms with van der Waals surface area (Å²) in [6.45, 7) is 1.74. The van der Waals surface area contributed by atoms with Crippen molar-refractivity contribution in [2.45, 2.75) is 13.1 Å². The van der Waals surface area contributed by atoms with E-state index in [0.29, 0.717) is 30.9 Å². The zero-order chi connectivity index (χ0) is 18.9. The first-order valence-corrected chi connectivity index (χ1v) is 8.93. The van der Waals surface area contributed by atoms with Crippen molar-refractivity contribution in [3.63, 3.8) is 0 Å². The van der Waals surface area contributed by atoms with Crippen molar-refractivity contribution in [3.05, 3.63) is 60.7 Å². The predicted molar refractivity (Wildman–Crippen MR) is 104 cm³/mol. The van der Waals surface area contributed by atoms with Crippen molar-refractivity contribution in [3.8, 4) is 11.3 Å². The molecule has 0 radical (unpaired) electrons. The summed E-state index contributed by atoms with van der Waals surface area (Å²) in [6, 6.07) is 10.1. The second-order valence-corrected chi connectivity index (χ2v) is 6.46. The molecule has 5 rings (SSSR count). The van der Waals surface area contributed by atoms with Gasteiger partial charge in [0.05, 0.1) is 36.7 Å². The molecule has 0 bridgehead atoms. The molecule has 0 saturated heterocycles. The van der Waals surface area contributed by atoms with Crippen molar-refractivity contribution >= 4 is 22.2 Å². The maximum atomic E-state index is 5.58. The molecule has 0 aliphatic heterocycles. The number of pyridine rings is 1. The molecule has 0 unspecified atom stereocenters. The van der Waals surface area contributed by atoms with Crippen LogP contribution in [-0.2, 0) is 13.1 Å². The molecule has 5 aromatic rings. The average Bonchev–Trinajstić information content (AvgIpc) is 3.35. The molecular weight excluding hydrogens is 354 g/mol. The lowest BCUT2D eigenvalue weighted by molar-refractivity contribution is 0.625. The fourth-order valence-electron chi connectivity index (χ4n) is 3.15. The van der Waals surface area contributed by atoms with Crippen LogP contribution in [0, 0.1) is 0 Å². The molecule has 28 heavy (non-hydrogen) atoms. The number of benzene rings is 1. The first kappa shape index (κ1) is 16.5. The third kappa shape index (κ3) is 2.97. The molecule has 4 heterocycles. The highest BCUT2D eigenvalue weighted by atomic mass is 15.4. The Morgan fingerprint density at radius 3 is 2.96 bits per heavy atom. The van der Waals surface area contributed by atoms with Crippen LogP contribution in [0.15, 0.2) is 55.1 Å². The highest BCUT2D eigenvalue weighted by Crippen LogP contribution is 2.19. The van der Waals surface area contributed by atoms with Crippen molar-refractivity contribution in [1.82, 2.24) is 39.7 Å². The van der Waals surface area contributed by atoms with E-state index >= 15 is 0 Å². The van der Waals surface area contributed by atoms with Gasteiger partial charge in [0.2, 0.25) is 5.65 Å². The zero-order valence-electron chi connectivity index (χ0n) is 15.0. The highest BCUT2D eigenvalue weighted by molar-refractivity contribution is 5.79. The van der Waals surface area contributed by atoms with E-state index in [9.17, 15) is 0 Å². The van der Waals surface area contributed by atoms with Crippen LogP contribution in [0.2, 0.25) is 0 Å². The number of nitrogens with zero attached hydrogens (tertiary/aromatic N) is 8. The van der Waals surface area contributed by atoms with Gasteiger partial charge in [-0.1, -0.05) is 17.3 Å². The Morgan fingerprint density at radius 2 is 2.04 bits per heavy atom. The normalized spacial score (nSPS) is 11.5. The third-order valence-electron chi connectivity index (χ3n) is 4.51. The van der Waals surface area contributed by atoms with Gasteiger partial charge in [0.1, 0.15) is 0 Å². The van der Waals surface area contributed by atoms with Crippen molar-refractivity contribution in [1.29, 1.82) is 0 Å². The summed E-state index contributed by atoms with van der Waals surface area (Å²) in [5.74, 6) is 0. The molecule has 9 heteroatoms. The van der Waals surface area contributed by atoms with E-state index in [-0.39, 0.29) is 0 Å². The Kier molecular flexibility index (Phi) is 3.99. The summed E-state index contributed by atoms with van der Waals surface area (Å²) in [5.41, 5.74) is 10.4. The fourth-order valence-corrected chi connectivity index (χ4v) is 3.15. The summed E-state index contributed by atoms with van der Waals surface area (Å²) >= 11 is 0. The molecule has 0 fully saturated rings. The Hall–Kier alpha value is -3.72. The SMILES string of the molecule is NCCn1cc(-c2cnc3nnn(Cc4ccc5ncccc5c4)c3n2)cn1. The molecule has 0 aliphatic carbocycles. The maximum Gasteiger partial charge on any atom is 0.221 e. The lowest BCUT2D eigenvalue weighted by atomic mass is 10.1. The highest BCUT2D eigenvalue weighted by Gasteiger charge is 2.12. The summed E-state index contributed by atoms with van der Waals surface area (Å²) in [6.07, 6.45) is 7.15. The van der Waals surface area contributed by atoms with Gasteiger partial charge in [-0.25, -0.2) is 14.6 Å². The second kappa shape index (κ2) is 6.78. The van der Waals surface area contributed by atoms with Crippen LogP contribution in [0.5, 0.6) is 0 Å². The number of rotatable bonds is 5. The molecular formula is C19H17N9. The van der Waals surface area contributed by atoms with Gasteiger partial charge >= 0.3 is 0 Å². The lowest BCUT2D eigenvalue weighted by Gasteiger charge is -2.04. The number of aromatic nitrogens is 8. The van der Waals surface area contributed by atoms with E-state index < -0.39 is 0 Å². The van der Waals surface area contributed by atoms with Crippen molar-refractivity contribution < 1.29 is 0 Å². The van der Waals surface area contributed by atoms with Crippen LogP contribution in [-0.4, -0.2) is 46.3 Å². The zero-order valence-corrected chi connectivity index (χ0v) is 15.0. The smallest absolute Gasteiger partial charge is 0.221 e. The Balaban J connectivity index is 1.50. The molecule has 0 atom stereocenters. The van der Waals surface area contributed by atoms with Crippen LogP contribution >= 0.6 is 0 Å². The van der Waals surface area contributed by atoms with Gasteiger partial charge in [-0.3, -0.25) is 9.67 Å². The van der Waals surface area contributed by atoms with Crippen molar-refractivity contribution in [2.75, 3.05) is 6.54 Å². The first-order valence-electron chi connectivity index (χ1n) is 8.93. The molecule has 0 aliphatic rings. The van der Waals surface area contributed by atoms with Gasteiger partial charge in [0, 0.05) is 29.9 Å². The number of nitrogens with two attached hydrogens (primary N) is 1. The molecule has 138 valence electrons. The summed E-state index contributed by atoms with van der Waals surface area (Å²) in [7, 11) is 0. The van der Waals surface area contributed by atoms with Crippen LogP contribution < -0.4 is 5.73 Å². The first-order chi connectivity index (χ1) is 13.8. The van der Waals surface area contributed by atoms with E-state index in [0.717, 1.165) is 27.7 Å². The van der Waals surface area contributed by atoms with E-state index in [2.05, 4.69) is 31.4 Å². The number of hydrogen-bond acceptors (Lipinski definition) is 7. The largest absolute Gasteiger partial charge is 0.329 e. The monoisotopic (exact) mass is 371 g/mol. The molecule has 2 N–H and O–H groups in total. The average molecular weight is 371 g/mol. The van der Waals surface area contributed by atoms with Gasteiger partial charge in [-0.2, -0.15) is 5.10 Å². The van der Waals surface area contributed by atoms with E-state index in [1.54, 1.807) is 28.0 Å². The van der Waals surface area contributed by atoms with Gasteiger partial charge in [-0.05, 0) is 23.8 Å². The molecule has 0 saturated carbocycles. The van der Waals surface area contributed by atoms with Crippen LogP contribution in [0.25, 0.3) is 33.5 Å². The number of hydrogen-bond donors (Lipinski definition) is 1. The van der Waals surface area contributed by atoms with Crippen molar-refractivity contribution in [2.24, 2.45) is 5.73 Å². The van der Waals surface area contributed by atoms with Crippen LogP contribution in [0.4, 0.5) is 0 Å². The molecule has 1 aromatic carbocycles. The molecule has 0 amide bonds. The summed E-state index contributed by atoms with van der Waals surface area (Å²) in [5, 5.41) is 13.7. The standard InChI is InChI=1S/C19H17N9/c20-5-7-27-12-15(9-23-27)17-10-22-18-19(24-17)28(26-25-18)11-13-3-4-16-14(8-13)2-1-6-21-16/h1-4,6,8-10,12H,5,7,11,20H2. The maximum absolute atomic E-state index is 5.58. The van der Waals surface area contributed by atoms with Crippen LogP contribution in [0.3, 0.4) is 0 Å². The Labute approximate surface area is 159 Å². The Bertz CT molecular complexity index is 1270. The minimum atomic E-state index is 0.514. The quantitative estimate of drug-likeness (QED) is 0.499. The molecule has 4 aromatic heterocycles. The fraction of sp³-hybridized carbons (Fsp3) is 0.158. The molecule has 0 spiro atoms. The lowest BCUT2D eigenvalue weighted by Crippen LogP contribution is -2.09. The third-order valence-corrected chi connectivity index (χ3v) is 4.51. The van der Waals surface area contributed by atoms with E-state index in [1.807, 2.05) is 30.5 Å². The van der Waals surface area contributed by atoms with Gasteiger partial charge in [-0.15, -0.1) is 5.10 Å². The van der Waals surface area contributed by atoms with Gasteiger partial charge in [0.25, 0.3) is 0 Å². The predicted octanol–water partition coefficient (Wildman–Crippen LogP) is 1.64. The molecule has 9 nitrogen and oxygen atoms in total. The minimum Gasteiger partial charge on any atom is -0.329 e. The van der Waals surface area contributed by atoms with E-state index in [4.69, 9.17) is 10.7 Å².